The first-order chi connectivity index (χ1) is 30.2. The largest absolute Gasteiger partial charge is 0.478 e. The van der Waals surface area contributed by atoms with Crippen molar-refractivity contribution in [2.75, 3.05) is 0 Å². The maximum atomic E-state index is 13.8. The van der Waals surface area contributed by atoms with Gasteiger partial charge in [-0.25, -0.2) is 28.3 Å². The third-order valence-electron chi connectivity index (χ3n) is 8.73. The number of amides is 2. The van der Waals surface area contributed by atoms with Gasteiger partial charge in [-0.3, -0.25) is 9.59 Å². The molecule has 0 aliphatic heterocycles. The number of ether oxygens (including phenoxy) is 3. The van der Waals surface area contributed by atoms with Gasteiger partial charge in [-0.1, -0.05) is 70.7 Å². The second-order valence-electron chi connectivity index (χ2n) is 14.8. The van der Waals surface area contributed by atoms with E-state index in [1.54, 1.807) is 71.0 Å². The highest BCUT2D eigenvalue weighted by Crippen LogP contribution is 2.30. The van der Waals surface area contributed by atoms with E-state index in [0.29, 0.717) is 11.1 Å². The van der Waals surface area contributed by atoms with Gasteiger partial charge in [0.15, 0.2) is 0 Å². The number of carboxylic acids is 1. The van der Waals surface area contributed by atoms with Crippen LogP contribution >= 0.6 is 46.4 Å². The van der Waals surface area contributed by atoms with Crippen LogP contribution in [0.2, 0.25) is 20.1 Å². The Morgan fingerprint density at radius 3 is 1.36 bits per heavy atom. The number of carbonyl (C=O) groups excluding carboxylic acids is 3. The Bertz CT molecular complexity index is 2680. The van der Waals surface area contributed by atoms with E-state index in [1.807, 2.05) is 0 Å². The number of hydrogen-bond donors (Lipinski definition) is 3. The van der Waals surface area contributed by atoms with Crippen molar-refractivity contribution >= 4 is 70.2 Å². The van der Waals surface area contributed by atoms with Crippen molar-refractivity contribution in [3.63, 3.8) is 0 Å². The predicted octanol–water partition coefficient (Wildman–Crippen LogP) is 12.3. The van der Waals surface area contributed by atoms with Gasteiger partial charge in [-0.2, -0.15) is 0 Å². The summed E-state index contributed by atoms with van der Waals surface area (Å²) in [6.07, 6.45) is 2.62. The highest BCUT2D eigenvalue weighted by molar-refractivity contribution is 6.31. The predicted molar refractivity (Wildman–Crippen MR) is 238 cm³/mol. The zero-order valence-corrected chi connectivity index (χ0v) is 37.5. The SMILES string of the molecule is C[C@H](NC(=O)c1cc(Cl)cnc1Oc1ccc(Cl)c(F)c1)c1ccc(C(=O)O)cc1.C[C@H](NC(=O)c1cc(Cl)cnc1Oc1ccc(Cl)c(F)c1)c1ccc(C(=O)OC(C)(C)C)cc1. The van der Waals surface area contributed by atoms with Crippen molar-refractivity contribution in [3.05, 3.63) is 175 Å². The van der Waals surface area contributed by atoms with E-state index in [-0.39, 0.29) is 60.0 Å². The van der Waals surface area contributed by atoms with Crippen LogP contribution in [-0.4, -0.2) is 44.4 Å². The molecule has 18 heteroatoms. The fourth-order valence-corrected chi connectivity index (χ4v) is 6.07. The minimum absolute atomic E-state index is 0.0453. The number of aromatic carboxylic acids is 1. The van der Waals surface area contributed by atoms with Gasteiger partial charge in [-0.15, -0.1) is 0 Å². The number of carbonyl (C=O) groups is 4. The first-order valence-electron chi connectivity index (χ1n) is 19.0. The number of halogens is 6. The molecule has 0 saturated heterocycles. The maximum Gasteiger partial charge on any atom is 0.338 e. The van der Waals surface area contributed by atoms with Gasteiger partial charge in [0.25, 0.3) is 11.8 Å². The average molecular weight is 955 g/mol. The first-order valence-corrected chi connectivity index (χ1v) is 20.5. The highest BCUT2D eigenvalue weighted by atomic mass is 35.5. The third kappa shape index (κ3) is 13.6. The van der Waals surface area contributed by atoms with E-state index >= 15 is 0 Å². The van der Waals surface area contributed by atoms with Crippen molar-refractivity contribution in [1.29, 1.82) is 0 Å². The van der Waals surface area contributed by atoms with E-state index in [4.69, 9.17) is 65.7 Å². The molecule has 12 nitrogen and oxygen atoms in total. The summed E-state index contributed by atoms with van der Waals surface area (Å²) >= 11 is 23.4. The van der Waals surface area contributed by atoms with Crippen molar-refractivity contribution in [2.24, 2.45) is 0 Å². The van der Waals surface area contributed by atoms with Crippen LogP contribution in [0.4, 0.5) is 8.78 Å². The minimum atomic E-state index is -1.04. The quantitative estimate of drug-likeness (QED) is 0.101. The zero-order valence-electron chi connectivity index (χ0n) is 34.5. The van der Waals surface area contributed by atoms with Crippen LogP contribution in [0.15, 0.2) is 109 Å². The second kappa shape index (κ2) is 21.4. The van der Waals surface area contributed by atoms with Crippen LogP contribution in [-0.2, 0) is 4.74 Å². The molecule has 0 aliphatic carbocycles. The Morgan fingerprint density at radius 1 is 0.609 bits per heavy atom. The van der Waals surface area contributed by atoms with Gasteiger partial charge in [0.2, 0.25) is 11.8 Å². The molecule has 2 amide bonds. The van der Waals surface area contributed by atoms with Crippen LogP contribution in [0.3, 0.4) is 0 Å². The van der Waals surface area contributed by atoms with Crippen LogP contribution in [0.5, 0.6) is 23.3 Å². The summed E-state index contributed by atoms with van der Waals surface area (Å²) in [5.41, 5.74) is 1.53. The van der Waals surface area contributed by atoms with Crippen LogP contribution in [0.25, 0.3) is 0 Å². The number of rotatable bonds is 12. The monoisotopic (exact) mass is 952 g/mol. The number of benzene rings is 4. The Labute approximate surface area is 386 Å². The van der Waals surface area contributed by atoms with E-state index < -0.39 is 53.1 Å². The minimum Gasteiger partial charge on any atom is -0.478 e. The summed E-state index contributed by atoms with van der Waals surface area (Å²) in [7, 11) is 0. The van der Waals surface area contributed by atoms with Crippen molar-refractivity contribution in [1.82, 2.24) is 20.6 Å². The summed E-state index contributed by atoms with van der Waals surface area (Å²) in [4.78, 5) is 57.1. The smallest absolute Gasteiger partial charge is 0.338 e. The summed E-state index contributed by atoms with van der Waals surface area (Å²) in [6, 6.07) is 22.5. The molecule has 0 bridgehead atoms. The number of nitrogens with zero attached hydrogens (tertiary/aromatic N) is 2. The lowest BCUT2D eigenvalue weighted by Crippen LogP contribution is -2.27. The van der Waals surface area contributed by atoms with E-state index in [2.05, 4.69) is 20.6 Å². The molecule has 0 spiro atoms. The molecule has 2 aromatic heterocycles. The normalized spacial score (nSPS) is 11.9. The second-order valence-corrected chi connectivity index (χ2v) is 16.5. The molecule has 0 saturated carbocycles. The van der Waals surface area contributed by atoms with E-state index in [1.165, 1.54) is 60.9 Å². The molecule has 0 fully saturated rings. The number of hydrogen-bond acceptors (Lipinski definition) is 9. The molecule has 2 heterocycles. The molecule has 0 aliphatic rings. The van der Waals surface area contributed by atoms with Crippen LogP contribution in [0, 0.1) is 11.6 Å². The van der Waals surface area contributed by atoms with Crippen molar-refractivity contribution in [3.8, 4) is 23.3 Å². The average Bonchev–Trinajstić information content (AvgIpc) is 3.24. The van der Waals surface area contributed by atoms with Gasteiger partial charge in [0.1, 0.15) is 39.9 Å². The lowest BCUT2D eigenvalue weighted by Gasteiger charge is -2.20. The molecule has 6 aromatic rings. The number of pyridine rings is 2. The van der Waals surface area contributed by atoms with Gasteiger partial charge >= 0.3 is 11.9 Å². The molecule has 332 valence electrons. The van der Waals surface area contributed by atoms with Crippen molar-refractivity contribution < 1.29 is 47.3 Å². The lowest BCUT2D eigenvalue weighted by atomic mass is 10.1. The Kier molecular flexibility index (Phi) is 16.3. The molecule has 0 radical (unpaired) electrons. The molecule has 6 rings (SSSR count). The third-order valence-corrected chi connectivity index (χ3v) is 9.76. The lowest BCUT2D eigenvalue weighted by molar-refractivity contribution is 0.00689. The van der Waals surface area contributed by atoms with Crippen molar-refractivity contribution in [2.45, 2.75) is 52.3 Å². The Morgan fingerprint density at radius 2 is 1.00 bits per heavy atom. The molecular weight excluding hydrogens is 916 g/mol. The molecule has 64 heavy (non-hydrogen) atoms. The molecule has 0 unspecified atom stereocenters. The van der Waals surface area contributed by atoms with Gasteiger partial charge in [0, 0.05) is 24.5 Å². The van der Waals surface area contributed by atoms with Gasteiger partial charge in [0.05, 0.1) is 43.3 Å². The number of nitrogens with one attached hydrogen (secondary N) is 2. The molecule has 3 N–H and O–H groups in total. The fraction of sp³-hybridized carbons (Fsp3) is 0.174. The van der Waals surface area contributed by atoms with Gasteiger partial charge < -0.3 is 30.0 Å². The highest BCUT2D eigenvalue weighted by Gasteiger charge is 2.22. The number of aromatic nitrogens is 2. The standard InChI is InChI=1S/C25H23Cl2FN2O4.C21H15Cl2FN2O4/c1-14(15-5-7-16(8-6-15)24(32)34-25(2,3)4)30-22(31)19-11-17(26)13-29-23(19)33-18-9-10-20(27)21(28)12-18;1-11(12-2-4-13(5-3-12)21(28)29)26-19(27)16-8-14(22)10-25-20(16)30-15-6-7-17(23)18(24)9-15/h5-14H,1-4H3,(H,30,31);2-11H,1H3,(H,26,27)(H,28,29)/t14-;11-/m00/s1. The zero-order chi connectivity index (χ0) is 46.9. The number of carboxylic acid groups (broad SMARTS) is 1. The van der Waals surface area contributed by atoms with E-state index in [0.717, 1.165) is 17.7 Å². The molecule has 2 atom stereocenters. The molecule has 4 aromatic carbocycles. The maximum absolute atomic E-state index is 13.8. The topological polar surface area (TPSA) is 166 Å². The summed E-state index contributed by atoms with van der Waals surface area (Å²) in [6.45, 7) is 8.91. The van der Waals surface area contributed by atoms with Gasteiger partial charge in [-0.05, 0) is 106 Å². The fourth-order valence-electron chi connectivity index (χ4n) is 5.52. The Hall–Kier alpha value is -6.32. The first kappa shape index (κ1) is 48.7. The molecular formula is C46H38Cl4F2N4O8. The summed E-state index contributed by atoms with van der Waals surface area (Å²) in [5.74, 6) is -3.70. The van der Waals surface area contributed by atoms with E-state index in [9.17, 15) is 28.0 Å². The Balaban J connectivity index is 0.000000243. The van der Waals surface area contributed by atoms with Crippen LogP contribution < -0.4 is 20.1 Å². The number of esters is 1. The summed E-state index contributed by atoms with van der Waals surface area (Å²) < 4.78 is 44.0. The van der Waals surface area contributed by atoms with Crippen LogP contribution in [0.1, 0.15) is 99.3 Å². The summed E-state index contributed by atoms with van der Waals surface area (Å²) in [5, 5.41) is 14.9.